The Morgan fingerprint density at radius 1 is 1.12 bits per heavy atom. The van der Waals surface area contributed by atoms with Crippen molar-refractivity contribution in [1.29, 1.82) is 0 Å². The van der Waals surface area contributed by atoms with E-state index in [0.29, 0.717) is 25.3 Å². The third-order valence-electron chi connectivity index (χ3n) is 8.78. The van der Waals surface area contributed by atoms with Crippen LogP contribution in [0.1, 0.15) is 77.2 Å². The van der Waals surface area contributed by atoms with Crippen LogP contribution in [0.4, 0.5) is 4.79 Å². The van der Waals surface area contributed by atoms with Gasteiger partial charge in [0.15, 0.2) is 5.78 Å². The summed E-state index contributed by atoms with van der Waals surface area (Å²) in [6.07, 6.45) is 8.30. The number of amides is 2. The molecule has 1 aliphatic heterocycles. The van der Waals surface area contributed by atoms with E-state index in [4.69, 9.17) is 0 Å². The Hall–Kier alpha value is -1.92. The fourth-order valence-electron chi connectivity index (χ4n) is 6.25. The number of carbonyl (C=O) groups is 2. The van der Waals surface area contributed by atoms with Crippen molar-refractivity contribution < 1.29 is 14.7 Å². The summed E-state index contributed by atoms with van der Waals surface area (Å²) in [6, 6.07) is 10.8. The summed E-state index contributed by atoms with van der Waals surface area (Å²) < 4.78 is 0. The standard InChI is InChI=1S/C28H43N3O3/c1-26(2,34)14-13-24(32)20-30-21-27(31(25(30)33)19-22-9-8-10-22)15-17-28(18-16-27,29(3)4)23-11-6-5-7-12-23/h5-7,11-12,22,34H,8-10,13-21H2,1-4H3. The molecule has 2 aliphatic carbocycles. The van der Waals surface area contributed by atoms with Gasteiger partial charge >= 0.3 is 6.03 Å². The highest BCUT2D eigenvalue weighted by Crippen LogP contribution is 2.49. The summed E-state index contributed by atoms with van der Waals surface area (Å²) >= 11 is 0. The van der Waals surface area contributed by atoms with Crippen molar-refractivity contribution in [2.75, 3.05) is 33.7 Å². The molecule has 0 bridgehead atoms. The largest absolute Gasteiger partial charge is 0.390 e. The second-order valence-corrected chi connectivity index (χ2v) is 11.9. The van der Waals surface area contributed by atoms with Crippen LogP contribution in [-0.4, -0.2) is 76.5 Å². The van der Waals surface area contributed by atoms with E-state index in [2.05, 4.69) is 54.2 Å². The molecule has 2 amide bonds. The van der Waals surface area contributed by atoms with E-state index >= 15 is 0 Å². The number of benzene rings is 1. The van der Waals surface area contributed by atoms with Gasteiger partial charge in [0.2, 0.25) is 0 Å². The number of Topliss-reactive ketones (excluding diaryl/α,β-unsaturated/α-hetero) is 1. The predicted octanol–water partition coefficient (Wildman–Crippen LogP) is 4.41. The lowest BCUT2D eigenvalue weighted by molar-refractivity contribution is -0.120. The van der Waals surface area contributed by atoms with Gasteiger partial charge in [-0.1, -0.05) is 36.8 Å². The van der Waals surface area contributed by atoms with E-state index in [1.807, 2.05) is 0 Å². The molecule has 1 aromatic rings. The van der Waals surface area contributed by atoms with Crippen LogP contribution in [0.5, 0.6) is 0 Å². The molecule has 1 saturated heterocycles. The van der Waals surface area contributed by atoms with E-state index in [9.17, 15) is 14.7 Å². The molecule has 6 nitrogen and oxygen atoms in total. The molecule has 6 heteroatoms. The molecule has 34 heavy (non-hydrogen) atoms. The summed E-state index contributed by atoms with van der Waals surface area (Å²) in [5.74, 6) is 0.639. The van der Waals surface area contributed by atoms with E-state index < -0.39 is 5.60 Å². The van der Waals surface area contributed by atoms with Gasteiger partial charge in [0.05, 0.1) is 17.7 Å². The van der Waals surface area contributed by atoms with Gasteiger partial charge in [-0.25, -0.2) is 4.79 Å². The summed E-state index contributed by atoms with van der Waals surface area (Å²) in [5.41, 5.74) is 0.284. The fourth-order valence-corrected chi connectivity index (χ4v) is 6.25. The van der Waals surface area contributed by atoms with Gasteiger partial charge in [-0.05, 0) is 84.4 Å². The van der Waals surface area contributed by atoms with Crippen LogP contribution in [0, 0.1) is 5.92 Å². The molecule has 3 aliphatic rings. The molecule has 0 atom stereocenters. The smallest absolute Gasteiger partial charge is 0.321 e. The number of hydrogen-bond acceptors (Lipinski definition) is 4. The molecule has 4 rings (SSSR count). The second-order valence-electron chi connectivity index (χ2n) is 11.9. The van der Waals surface area contributed by atoms with Gasteiger partial charge in [-0.15, -0.1) is 0 Å². The first-order chi connectivity index (χ1) is 16.0. The van der Waals surface area contributed by atoms with Crippen LogP contribution >= 0.6 is 0 Å². The lowest BCUT2D eigenvalue weighted by atomic mass is 9.68. The average Bonchev–Trinajstić information content (AvgIpc) is 3.00. The van der Waals surface area contributed by atoms with Crippen molar-refractivity contribution in [3.8, 4) is 0 Å². The Morgan fingerprint density at radius 3 is 2.29 bits per heavy atom. The zero-order valence-corrected chi connectivity index (χ0v) is 21.6. The first kappa shape index (κ1) is 25.2. The lowest BCUT2D eigenvalue weighted by Crippen LogP contribution is -2.56. The van der Waals surface area contributed by atoms with Crippen LogP contribution in [0.2, 0.25) is 0 Å². The van der Waals surface area contributed by atoms with Crippen molar-refractivity contribution in [2.24, 2.45) is 5.92 Å². The number of nitrogens with zero attached hydrogens (tertiary/aromatic N) is 3. The molecule has 0 radical (unpaired) electrons. The average molecular weight is 470 g/mol. The molecular formula is C28H43N3O3. The normalized spacial score (nSPS) is 28.1. The predicted molar refractivity (Wildman–Crippen MR) is 135 cm³/mol. The quantitative estimate of drug-likeness (QED) is 0.582. The SMILES string of the molecule is CN(C)C1(c2ccccc2)CCC2(CC1)CN(CC(=O)CCC(C)(C)O)C(=O)N2CC1CCC1. The van der Waals surface area contributed by atoms with Gasteiger partial charge in [0.1, 0.15) is 0 Å². The molecule has 2 saturated carbocycles. The van der Waals surface area contributed by atoms with Crippen LogP contribution in [0.15, 0.2) is 30.3 Å². The van der Waals surface area contributed by atoms with E-state index in [1.165, 1.54) is 24.8 Å². The maximum absolute atomic E-state index is 13.6. The second kappa shape index (κ2) is 9.62. The van der Waals surface area contributed by atoms with Crippen molar-refractivity contribution in [2.45, 2.75) is 88.3 Å². The van der Waals surface area contributed by atoms with Crippen LogP contribution < -0.4 is 0 Å². The minimum Gasteiger partial charge on any atom is -0.390 e. The molecule has 1 N–H and O–H groups in total. The van der Waals surface area contributed by atoms with Crippen molar-refractivity contribution in [1.82, 2.24) is 14.7 Å². The minimum absolute atomic E-state index is 0.0202. The van der Waals surface area contributed by atoms with Gasteiger partial charge in [0.25, 0.3) is 0 Å². The van der Waals surface area contributed by atoms with Crippen LogP contribution in [0.25, 0.3) is 0 Å². The van der Waals surface area contributed by atoms with E-state index in [-0.39, 0.29) is 29.4 Å². The first-order valence-electron chi connectivity index (χ1n) is 13.1. The summed E-state index contributed by atoms with van der Waals surface area (Å²) in [5, 5.41) is 10.00. The highest BCUT2D eigenvalue weighted by molar-refractivity contribution is 5.87. The monoisotopic (exact) mass is 469 g/mol. The molecule has 0 aromatic heterocycles. The lowest BCUT2D eigenvalue weighted by Gasteiger charge is -2.51. The van der Waals surface area contributed by atoms with Crippen molar-refractivity contribution in [3.63, 3.8) is 0 Å². The number of rotatable bonds is 9. The molecule has 188 valence electrons. The van der Waals surface area contributed by atoms with Crippen molar-refractivity contribution >= 4 is 11.8 Å². The molecule has 1 aromatic carbocycles. The topological polar surface area (TPSA) is 64.1 Å². The van der Waals surface area contributed by atoms with Gasteiger partial charge in [-0.2, -0.15) is 0 Å². The third-order valence-corrected chi connectivity index (χ3v) is 8.78. The zero-order valence-electron chi connectivity index (χ0n) is 21.6. The number of aliphatic hydroxyl groups is 1. The Balaban J connectivity index is 1.52. The van der Waals surface area contributed by atoms with Crippen LogP contribution in [-0.2, 0) is 10.3 Å². The Kier molecular flexibility index (Phi) is 7.12. The van der Waals surface area contributed by atoms with Gasteiger partial charge in [0, 0.05) is 25.0 Å². The number of ketones is 1. The number of hydrogen-bond donors (Lipinski definition) is 1. The Labute approximate surface area is 205 Å². The molecule has 1 spiro atoms. The highest BCUT2D eigenvalue weighted by Gasteiger charge is 2.55. The highest BCUT2D eigenvalue weighted by atomic mass is 16.3. The Bertz CT molecular complexity index is 865. The zero-order chi connectivity index (χ0) is 24.6. The van der Waals surface area contributed by atoms with E-state index in [0.717, 1.165) is 32.2 Å². The summed E-state index contributed by atoms with van der Waals surface area (Å²) in [7, 11) is 4.34. The van der Waals surface area contributed by atoms with Crippen LogP contribution in [0.3, 0.4) is 0 Å². The fraction of sp³-hybridized carbons (Fsp3) is 0.714. The van der Waals surface area contributed by atoms with E-state index in [1.54, 1.807) is 18.7 Å². The first-order valence-corrected chi connectivity index (χ1v) is 13.1. The van der Waals surface area contributed by atoms with Crippen molar-refractivity contribution in [3.05, 3.63) is 35.9 Å². The van der Waals surface area contributed by atoms with Gasteiger partial charge in [-0.3, -0.25) is 9.69 Å². The van der Waals surface area contributed by atoms with Gasteiger partial charge < -0.3 is 14.9 Å². The molecule has 1 heterocycles. The summed E-state index contributed by atoms with van der Waals surface area (Å²) in [4.78, 5) is 32.6. The third kappa shape index (κ3) is 5.03. The minimum atomic E-state index is -0.863. The Morgan fingerprint density at radius 2 is 1.76 bits per heavy atom. The maximum atomic E-state index is 13.6. The maximum Gasteiger partial charge on any atom is 0.321 e. The molecule has 0 unspecified atom stereocenters. The number of urea groups is 1. The summed E-state index contributed by atoms with van der Waals surface area (Å²) in [6.45, 7) is 5.08. The number of carbonyl (C=O) groups excluding carboxylic acids is 2. The molecular weight excluding hydrogens is 426 g/mol. The molecule has 3 fully saturated rings.